The van der Waals surface area contributed by atoms with Crippen LogP contribution < -0.4 is 15.4 Å². The van der Waals surface area contributed by atoms with Gasteiger partial charge in [-0.3, -0.25) is 4.79 Å². The summed E-state index contributed by atoms with van der Waals surface area (Å²) in [6, 6.07) is 6.16. The van der Waals surface area contributed by atoms with Gasteiger partial charge in [0, 0.05) is 6.42 Å². The third-order valence-electron chi connectivity index (χ3n) is 4.13. The molecule has 0 aliphatic carbocycles. The van der Waals surface area contributed by atoms with Gasteiger partial charge in [0.05, 0.1) is 6.54 Å². The number of aryl methyl sites for hydroxylation is 2. The topological polar surface area (TPSA) is 50.4 Å². The Morgan fingerprint density at radius 1 is 1.23 bits per heavy atom. The van der Waals surface area contributed by atoms with Crippen molar-refractivity contribution in [2.45, 2.75) is 39.5 Å². The Kier molecular flexibility index (Phi) is 6.72. The van der Waals surface area contributed by atoms with E-state index >= 15 is 0 Å². The molecule has 0 unspecified atom stereocenters. The smallest absolute Gasteiger partial charge is 0.220 e. The van der Waals surface area contributed by atoms with Crippen LogP contribution >= 0.6 is 0 Å². The van der Waals surface area contributed by atoms with Crippen molar-refractivity contribution in [1.29, 1.82) is 0 Å². The lowest BCUT2D eigenvalue weighted by Crippen LogP contribution is -2.30. The second-order valence-corrected chi connectivity index (χ2v) is 6.25. The van der Waals surface area contributed by atoms with Crippen LogP contribution in [0.15, 0.2) is 18.2 Å². The van der Waals surface area contributed by atoms with E-state index in [1.54, 1.807) is 0 Å². The highest BCUT2D eigenvalue weighted by molar-refractivity contribution is 5.75. The van der Waals surface area contributed by atoms with Crippen LogP contribution in [-0.2, 0) is 4.79 Å². The molecule has 1 amide bonds. The summed E-state index contributed by atoms with van der Waals surface area (Å²) < 4.78 is 5.69. The minimum atomic E-state index is 0.141. The number of carbonyl (C=O) groups excluding carboxylic acids is 1. The molecule has 1 aliphatic rings. The van der Waals surface area contributed by atoms with Gasteiger partial charge in [-0.05, 0) is 75.4 Å². The number of nitrogens with one attached hydrogen (secondary N) is 2. The SMILES string of the molecule is Cc1cc(C)cc(OCCNC(=O)CCC2CCNCC2)c1. The van der Waals surface area contributed by atoms with E-state index in [2.05, 4.69) is 30.5 Å². The zero-order valence-electron chi connectivity index (χ0n) is 13.8. The zero-order valence-corrected chi connectivity index (χ0v) is 13.8. The summed E-state index contributed by atoms with van der Waals surface area (Å²) >= 11 is 0. The first-order valence-electron chi connectivity index (χ1n) is 8.32. The molecule has 1 aliphatic heterocycles. The lowest BCUT2D eigenvalue weighted by Gasteiger charge is -2.22. The number of hydrogen-bond acceptors (Lipinski definition) is 3. The van der Waals surface area contributed by atoms with Gasteiger partial charge in [0.15, 0.2) is 0 Å². The average Bonchev–Trinajstić information content (AvgIpc) is 2.50. The molecular weight excluding hydrogens is 276 g/mol. The molecule has 2 N–H and O–H groups in total. The van der Waals surface area contributed by atoms with E-state index in [1.807, 2.05) is 12.1 Å². The Balaban J connectivity index is 1.58. The average molecular weight is 304 g/mol. The minimum Gasteiger partial charge on any atom is -0.492 e. The van der Waals surface area contributed by atoms with Crippen LogP contribution in [0, 0.1) is 19.8 Å². The molecule has 1 saturated heterocycles. The molecule has 0 atom stereocenters. The zero-order chi connectivity index (χ0) is 15.8. The van der Waals surface area contributed by atoms with E-state index < -0.39 is 0 Å². The highest BCUT2D eigenvalue weighted by Crippen LogP contribution is 2.17. The molecule has 1 aromatic rings. The van der Waals surface area contributed by atoms with Crippen molar-refractivity contribution in [3.8, 4) is 5.75 Å². The van der Waals surface area contributed by atoms with E-state index in [-0.39, 0.29) is 5.91 Å². The summed E-state index contributed by atoms with van der Waals surface area (Å²) in [6.07, 6.45) is 4.03. The molecule has 4 heteroatoms. The van der Waals surface area contributed by atoms with Gasteiger partial charge >= 0.3 is 0 Å². The summed E-state index contributed by atoms with van der Waals surface area (Å²) in [7, 11) is 0. The predicted molar refractivity (Wildman–Crippen MR) is 89.2 cm³/mol. The molecule has 1 aromatic carbocycles. The third kappa shape index (κ3) is 6.06. The van der Waals surface area contributed by atoms with Gasteiger partial charge < -0.3 is 15.4 Å². The number of carbonyl (C=O) groups is 1. The maximum atomic E-state index is 11.8. The Labute approximate surface area is 133 Å². The first-order chi connectivity index (χ1) is 10.6. The highest BCUT2D eigenvalue weighted by atomic mass is 16.5. The Bertz CT molecular complexity index is 462. The quantitative estimate of drug-likeness (QED) is 0.761. The van der Waals surface area contributed by atoms with E-state index in [1.165, 1.54) is 24.0 Å². The second kappa shape index (κ2) is 8.79. The van der Waals surface area contributed by atoms with Crippen molar-refractivity contribution < 1.29 is 9.53 Å². The summed E-state index contributed by atoms with van der Waals surface area (Å²) in [5.41, 5.74) is 2.39. The Hall–Kier alpha value is -1.55. The van der Waals surface area contributed by atoms with Crippen LogP contribution in [0.1, 0.15) is 36.8 Å². The Morgan fingerprint density at radius 2 is 1.91 bits per heavy atom. The van der Waals surface area contributed by atoms with E-state index in [0.717, 1.165) is 25.3 Å². The molecular formula is C18H28N2O2. The van der Waals surface area contributed by atoms with Crippen LogP contribution in [0.2, 0.25) is 0 Å². The number of benzene rings is 1. The van der Waals surface area contributed by atoms with Crippen molar-refractivity contribution in [3.05, 3.63) is 29.3 Å². The van der Waals surface area contributed by atoms with Crippen LogP contribution in [0.5, 0.6) is 5.75 Å². The van der Waals surface area contributed by atoms with E-state index in [9.17, 15) is 4.79 Å². The lowest BCUT2D eigenvalue weighted by molar-refractivity contribution is -0.121. The third-order valence-corrected chi connectivity index (χ3v) is 4.13. The van der Waals surface area contributed by atoms with Crippen molar-refractivity contribution in [1.82, 2.24) is 10.6 Å². The van der Waals surface area contributed by atoms with Crippen molar-refractivity contribution >= 4 is 5.91 Å². The van der Waals surface area contributed by atoms with Gasteiger partial charge in [0.2, 0.25) is 5.91 Å². The number of hydrogen-bond donors (Lipinski definition) is 2. The van der Waals surface area contributed by atoms with Gasteiger partial charge in [-0.25, -0.2) is 0 Å². The Morgan fingerprint density at radius 3 is 2.59 bits per heavy atom. The lowest BCUT2D eigenvalue weighted by atomic mass is 9.93. The molecule has 4 nitrogen and oxygen atoms in total. The van der Waals surface area contributed by atoms with Gasteiger partial charge in [-0.1, -0.05) is 6.07 Å². The highest BCUT2D eigenvalue weighted by Gasteiger charge is 2.14. The summed E-state index contributed by atoms with van der Waals surface area (Å²) in [5, 5.41) is 6.29. The molecule has 0 bridgehead atoms. The molecule has 0 saturated carbocycles. The van der Waals surface area contributed by atoms with Crippen molar-refractivity contribution in [2.75, 3.05) is 26.2 Å². The summed E-state index contributed by atoms with van der Waals surface area (Å²) in [6.45, 7) is 7.39. The molecule has 1 fully saturated rings. The van der Waals surface area contributed by atoms with Crippen molar-refractivity contribution in [3.63, 3.8) is 0 Å². The summed E-state index contributed by atoms with van der Waals surface area (Å²) in [5.74, 6) is 1.72. The van der Waals surface area contributed by atoms with Crippen LogP contribution in [0.4, 0.5) is 0 Å². The molecule has 1 heterocycles. The minimum absolute atomic E-state index is 0.141. The standard InChI is InChI=1S/C18H28N2O2/c1-14-11-15(2)13-17(12-14)22-10-9-20-18(21)4-3-16-5-7-19-8-6-16/h11-13,16,19H,3-10H2,1-2H3,(H,20,21). The summed E-state index contributed by atoms with van der Waals surface area (Å²) in [4.78, 5) is 11.8. The fraction of sp³-hybridized carbons (Fsp3) is 0.611. The maximum absolute atomic E-state index is 11.8. The molecule has 2 rings (SSSR count). The predicted octanol–water partition coefficient (Wildman–Crippen LogP) is 2.58. The normalized spacial score (nSPS) is 15.5. The van der Waals surface area contributed by atoms with Gasteiger partial charge in [-0.2, -0.15) is 0 Å². The van der Waals surface area contributed by atoms with Crippen LogP contribution in [0.3, 0.4) is 0 Å². The van der Waals surface area contributed by atoms with Crippen LogP contribution in [0.25, 0.3) is 0 Å². The maximum Gasteiger partial charge on any atom is 0.220 e. The monoisotopic (exact) mass is 304 g/mol. The first kappa shape index (κ1) is 16.8. The van der Waals surface area contributed by atoms with E-state index in [0.29, 0.717) is 25.5 Å². The first-order valence-corrected chi connectivity index (χ1v) is 8.32. The molecule has 0 spiro atoms. The fourth-order valence-corrected chi connectivity index (χ4v) is 2.97. The number of rotatable bonds is 7. The molecule has 122 valence electrons. The molecule has 22 heavy (non-hydrogen) atoms. The molecule has 0 radical (unpaired) electrons. The molecule has 0 aromatic heterocycles. The fourth-order valence-electron chi connectivity index (χ4n) is 2.97. The van der Waals surface area contributed by atoms with Gasteiger partial charge in [-0.15, -0.1) is 0 Å². The van der Waals surface area contributed by atoms with Gasteiger partial charge in [0.25, 0.3) is 0 Å². The number of ether oxygens (including phenoxy) is 1. The largest absolute Gasteiger partial charge is 0.492 e. The van der Waals surface area contributed by atoms with E-state index in [4.69, 9.17) is 4.74 Å². The number of piperidine rings is 1. The second-order valence-electron chi connectivity index (χ2n) is 6.25. The number of amides is 1. The van der Waals surface area contributed by atoms with Gasteiger partial charge in [0.1, 0.15) is 12.4 Å². The van der Waals surface area contributed by atoms with Crippen LogP contribution in [-0.4, -0.2) is 32.1 Å². The van der Waals surface area contributed by atoms with Crippen molar-refractivity contribution in [2.24, 2.45) is 5.92 Å².